The molecule has 1 aromatic carbocycles. The van der Waals surface area contributed by atoms with Gasteiger partial charge in [-0.3, -0.25) is 15.0 Å². The van der Waals surface area contributed by atoms with Crippen molar-refractivity contribution in [3.05, 3.63) is 47.7 Å². The second-order valence-corrected chi connectivity index (χ2v) is 4.50. The topological polar surface area (TPSA) is 125 Å². The number of amides is 1. The summed E-state index contributed by atoms with van der Waals surface area (Å²) in [6, 6.07) is 7.42. The molecule has 0 saturated carbocycles. The molecule has 3 aromatic rings. The van der Waals surface area contributed by atoms with Gasteiger partial charge in [0.2, 0.25) is 5.95 Å². The maximum absolute atomic E-state index is 12.9. The third-order valence-corrected chi connectivity index (χ3v) is 2.93. The lowest BCUT2D eigenvalue weighted by atomic mass is 10.1. The Kier molecular flexibility index (Phi) is 3.52. The molecule has 0 aliphatic rings. The second kappa shape index (κ2) is 5.64. The number of rotatable bonds is 4. The van der Waals surface area contributed by atoms with Gasteiger partial charge in [-0.1, -0.05) is 0 Å². The number of halogens is 1. The zero-order chi connectivity index (χ0) is 15.5. The van der Waals surface area contributed by atoms with E-state index >= 15 is 0 Å². The van der Waals surface area contributed by atoms with E-state index in [1.165, 1.54) is 12.1 Å². The fourth-order valence-corrected chi connectivity index (χ4v) is 1.85. The van der Waals surface area contributed by atoms with Crippen LogP contribution in [0.4, 0.5) is 10.3 Å². The minimum absolute atomic E-state index is 0.115. The van der Waals surface area contributed by atoms with Crippen LogP contribution in [0.5, 0.6) is 0 Å². The summed E-state index contributed by atoms with van der Waals surface area (Å²) in [5.41, 5.74) is 6.91. The molecule has 0 bridgehead atoms. The molecule has 9 heteroatoms. The van der Waals surface area contributed by atoms with Gasteiger partial charge in [0.15, 0.2) is 0 Å². The number of nitrogen functional groups attached to an aromatic ring is 1. The van der Waals surface area contributed by atoms with E-state index in [4.69, 9.17) is 5.73 Å². The highest BCUT2D eigenvalue weighted by atomic mass is 19.1. The Labute approximate surface area is 124 Å². The molecule has 0 unspecified atom stereocenters. The van der Waals surface area contributed by atoms with Crippen molar-refractivity contribution >= 4 is 11.9 Å². The lowest BCUT2D eigenvalue weighted by molar-refractivity contribution is 0.0945. The first-order valence-corrected chi connectivity index (χ1v) is 6.38. The third-order valence-electron chi connectivity index (χ3n) is 2.93. The molecule has 0 aliphatic carbocycles. The van der Waals surface area contributed by atoms with Gasteiger partial charge in [-0.2, -0.15) is 10.1 Å². The molecule has 1 amide bonds. The molecule has 0 aliphatic heterocycles. The van der Waals surface area contributed by atoms with Crippen LogP contribution in [0.2, 0.25) is 0 Å². The van der Waals surface area contributed by atoms with Crippen LogP contribution in [0.25, 0.3) is 11.3 Å². The number of hydrogen-bond acceptors (Lipinski definition) is 5. The molecule has 0 radical (unpaired) electrons. The second-order valence-electron chi connectivity index (χ2n) is 4.50. The Morgan fingerprint density at radius 1 is 1.23 bits per heavy atom. The highest BCUT2D eigenvalue weighted by Gasteiger charge is 2.11. The van der Waals surface area contributed by atoms with E-state index in [0.29, 0.717) is 17.1 Å². The number of nitrogens with two attached hydrogens (primary N) is 1. The van der Waals surface area contributed by atoms with Crippen LogP contribution >= 0.6 is 0 Å². The minimum Gasteiger partial charge on any atom is -0.367 e. The average molecular weight is 301 g/mol. The van der Waals surface area contributed by atoms with Gasteiger partial charge in [0.1, 0.15) is 17.3 Å². The number of benzene rings is 1. The average Bonchev–Trinajstić information content (AvgIpc) is 3.15. The van der Waals surface area contributed by atoms with Crippen molar-refractivity contribution < 1.29 is 9.18 Å². The van der Waals surface area contributed by atoms with Gasteiger partial charge < -0.3 is 11.1 Å². The Bertz CT molecular complexity index is 793. The van der Waals surface area contributed by atoms with Crippen molar-refractivity contribution in [1.29, 1.82) is 0 Å². The fourth-order valence-electron chi connectivity index (χ4n) is 1.85. The molecule has 22 heavy (non-hydrogen) atoms. The molecule has 8 nitrogen and oxygen atoms in total. The molecule has 0 saturated heterocycles. The summed E-state index contributed by atoms with van der Waals surface area (Å²) in [7, 11) is 0. The van der Waals surface area contributed by atoms with Crippen LogP contribution in [0.1, 0.15) is 16.3 Å². The molecule has 112 valence electrons. The van der Waals surface area contributed by atoms with Crippen molar-refractivity contribution in [3.63, 3.8) is 0 Å². The third kappa shape index (κ3) is 2.92. The van der Waals surface area contributed by atoms with Crippen molar-refractivity contribution in [1.82, 2.24) is 30.7 Å². The highest BCUT2D eigenvalue weighted by molar-refractivity contribution is 5.93. The van der Waals surface area contributed by atoms with E-state index in [0.717, 1.165) is 0 Å². The number of carbonyl (C=O) groups excluding carboxylic acids is 1. The van der Waals surface area contributed by atoms with E-state index in [1.807, 2.05) is 0 Å². The molecular weight excluding hydrogens is 289 g/mol. The zero-order valence-corrected chi connectivity index (χ0v) is 11.3. The molecule has 2 aromatic heterocycles. The van der Waals surface area contributed by atoms with Crippen LogP contribution in [0.15, 0.2) is 30.3 Å². The maximum atomic E-state index is 12.9. The lowest BCUT2D eigenvalue weighted by Gasteiger charge is -1.99. The van der Waals surface area contributed by atoms with Crippen molar-refractivity contribution in [2.45, 2.75) is 6.54 Å². The number of nitrogens with zero attached hydrogens (tertiary/aromatic N) is 3. The highest BCUT2D eigenvalue weighted by Crippen LogP contribution is 2.17. The first-order chi connectivity index (χ1) is 10.6. The standard InChI is InChI=1S/C13H12FN7O/c14-8-3-1-7(2-4-8)9-5-10(19-18-9)12(22)16-6-11-17-13(15)21-20-11/h1-5H,6H2,(H,16,22)(H,18,19)(H3,15,17,20,21). The van der Waals surface area contributed by atoms with Gasteiger partial charge in [-0.25, -0.2) is 4.39 Å². The smallest absolute Gasteiger partial charge is 0.269 e. The Morgan fingerprint density at radius 2 is 2.00 bits per heavy atom. The number of aromatic amines is 2. The summed E-state index contributed by atoms with van der Waals surface area (Å²) in [6.45, 7) is 0.161. The number of H-pyrrole nitrogens is 2. The van der Waals surface area contributed by atoms with Gasteiger partial charge in [-0.05, 0) is 30.3 Å². The molecular formula is C13H12FN7O. The van der Waals surface area contributed by atoms with Crippen LogP contribution in [0.3, 0.4) is 0 Å². The number of anilines is 1. The predicted molar refractivity (Wildman–Crippen MR) is 75.9 cm³/mol. The van der Waals surface area contributed by atoms with Crippen molar-refractivity contribution in [2.75, 3.05) is 5.73 Å². The largest absolute Gasteiger partial charge is 0.367 e. The zero-order valence-electron chi connectivity index (χ0n) is 11.3. The van der Waals surface area contributed by atoms with Gasteiger partial charge in [0, 0.05) is 5.56 Å². The minimum atomic E-state index is -0.351. The predicted octanol–water partition coefficient (Wildman–Crippen LogP) is 0.846. The lowest BCUT2D eigenvalue weighted by Crippen LogP contribution is -2.23. The molecule has 0 atom stereocenters. The van der Waals surface area contributed by atoms with Crippen LogP contribution < -0.4 is 11.1 Å². The fraction of sp³-hybridized carbons (Fsp3) is 0.0769. The molecule has 3 rings (SSSR count). The molecule has 0 spiro atoms. The summed E-state index contributed by atoms with van der Waals surface area (Å²) in [6.07, 6.45) is 0. The quantitative estimate of drug-likeness (QED) is 0.568. The maximum Gasteiger partial charge on any atom is 0.269 e. The van der Waals surface area contributed by atoms with Crippen molar-refractivity contribution in [3.8, 4) is 11.3 Å². The van der Waals surface area contributed by atoms with Gasteiger partial charge >= 0.3 is 0 Å². The summed E-state index contributed by atoms with van der Waals surface area (Å²) < 4.78 is 12.9. The number of hydrogen-bond donors (Lipinski definition) is 4. The number of nitrogens with one attached hydrogen (secondary N) is 3. The summed E-state index contributed by atoms with van der Waals surface area (Å²) in [5, 5.41) is 15.6. The molecule has 2 heterocycles. The summed E-state index contributed by atoms with van der Waals surface area (Å²) >= 11 is 0. The Hall–Kier alpha value is -3.23. The van der Waals surface area contributed by atoms with Crippen LogP contribution in [-0.2, 0) is 6.54 Å². The normalized spacial score (nSPS) is 10.6. The first-order valence-electron chi connectivity index (χ1n) is 6.38. The van der Waals surface area contributed by atoms with E-state index in [-0.39, 0.29) is 29.9 Å². The van der Waals surface area contributed by atoms with Gasteiger partial charge in [0.25, 0.3) is 5.91 Å². The SMILES string of the molecule is Nc1n[nH]c(CNC(=O)c2cc(-c3ccc(F)cc3)n[nH]2)n1. The summed E-state index contributed by atoms with van der Waals surface area (Å²) in [5.74, 6) is -0.118. The Balaban J connectivity index is 1.67. The molecule has 0 fully saturated rings. The van der Waals surface area contributed by atoms with E-state index in [1.54, 1.807) is 18.2 Å². The van der Waals surface area contributed by atoms with Crippen LogP contribution in [0, 0.1) is 5.82 Å². The van der Waals surface area contributed by atoms with Crippen LogP contribution in [-0.4, -0.2) is 31.3 Å². The monoisotopic (exact) mass is 301 g/mol. The Morgan fingerprint density at radius 3 is 2.68 bits per heavy atom. The van der Waals surface area contributed by atoms with Gasteiger partial charge in [-0.15, -0.1) is 5.10 Å². The van der Waals surface area contributed by atoms with Crippen molar-refractivity contribution in [2.24, 2.45) is 0 Å². The number of carbonyl (C=O) groups is 1. The first kappa shape index (κ1) is 13.7. The summed E-state index contributed by atoms with van der Waals surface area (Å²) in [4.78, 5) is 15.9. The molecule has 5 N–H and O–H groups in total. The van der Waals surface area contributed by atoms with E-state index in [9.17, 15) is 9.18 Å². The van der Waals surface area contributed by atoms with E-state index in [2.05, 4.69) is 30.7 Å². The van der Waals surface area contributed by atoms with E-state index < -0.39 is 0 Å². The van der Waals surface area contributed by atoms with Gasteiger partial charge in [0.05, 0.1) is 12.2 Å². The number of aromatic nitrogens is 5.